The van der Waals surface area contributed by atoms with Crippen LogP contribution in [0.2, 0.25) is 0 Å². The molecule has 0 saturated heterocycles. The van der Waals surface area contributed by atoms with Gasteiger partial charge in [-0.05, 0) is 26.0 Å². The smallest absolute Gasteiger partial charge is 0.307 e. The van der Waals surface area contributed by atoms with Crippen molar-refractivity contribution in [1.29, 1.82) is 0 Å². The highest BCUT2D eigenvalue weighted by Gasteiger charge is 2.18. The minimum atomic E-state index is -0.369. The number of nitrogens with zero attached hydrogens (tertiary/aromatic N) is 3. The van der Waals surface area contributed by atoms with Crippen molar-refractivity contribution in [3.8, 4) is 5.69 Å². The van der Waals surface area contributed by atoms with Gasteiger partial charge in [-0.15, -0.1) is 0 Å². The van der Waals surface area contributed by atoms with E-state index in [4.69, 9.17) is 0 Å². The number of carbonyl (C=O) groups is 2. The highest BCUT2D eigenvalue weighted by atomic mass is 16.5. The molecule has 0 aliphatic heterocycles. The molecule has 1 amide bonds. The second kappa shape index (κ2) is 6.84. The lowest BCUT2D eigenvalue weighted by Crippen LogP contribution is -2.35. The van der Waals surface area contributed by atoms with Crippen molar-refractivity contribution in [1.82, 2.24) is 20.3 Å². The van der Waals surface area contributed by atoms with Gasteiger partial charge in [0.25, 0.3) is 5.91 Å². The second-order valence-electron chi connectivity index (χ2n) is 4.99. The van der Waals surface area contributed by atoms with E-state index in [1.807, 2.05) is 13.0 Å². The van der Waals surface area contributed by atoms with Crippen LogP contribution in [-0.4, -0.2) is 40.0 Å². The van der Waals surface area contributed by atoms with E-state index in [0.29, 0.717) is 11.3 Å². The fourth-order valence-corrected chi connectivity index (χ4v) is 2.03. The Morgan fingerprint density at radius 1 is 1.32 bits per heavy atom. The van der Waals surface area contributed by atoms with Crippen molar-refractivity contribution in [3.05, 3.63) is 41.7 Å². The van der Waals surface area contributed by atoms with Crippen molar-refractivity contribution in [2.24, 2.45) is 0 Å². The molecule has 0 fully saturated rings. The molecule has 0 aliphatic carbocycles. The van der Waals surface area contributed by atoms with Crippen LogP contribution in [0.5, 0.6) is 0 Å². The fraction of sp³-hybridized carbons (Fsp3) is 0.333. The molecule has 1 atom stereocenters. The molecule has 1 aromatic heterocycles. The summed E-state index contributed by atoms with van der Waals surface area (Å²) in [7, 11) is 1.32. The molecule has 22 heavy (non-hydrogen) atoms. The number of carbonyl (C=O) groups excluding carboxylic acids is 2. The number of aryl methyl sites for hydroxylation is 1. The molecule has 7 nitrogen and oxygen atoms in total. The van der Waals surface area contributed by atoms with E-state index in [9.17, 15) is 9.59 Å². The molecule has 0 aliphatic rings. The van der Waals surface area contributed by atoms with Gasteiger partial charge >= 0.3 is 5.97 Å². The Labute approximate surface area is 128 Å². The van der Waals surface area contributed by atoms with Gasteiger partial charge in [-0.1, -0.05) is 11.6 Å². The van der Waals surface area contributed by atoms with Gasteiger partial charge in [-0.25, -0.2) is 0 Å². The highest BCUT2D eigenvalue weighted by molar-refractivity contribution is 5.98. The number of ether oxygens (including phenoxy) is 1. The number of amides is 1. The van der Waals surface area contributed by atoms with E-state index in [1.165, 1.54) is 11.9 Å². The zero-order chi connectivity index (χ0) is 16.1. The van der Waals surface area contributed by atoms with Gasteiger partial charge in [0.05, 0.1) is 37.2 Å². The fourth-order valence-electron chi connectivity index (χ4n) is 2.03. The predicted octanol–water partition coefficient (Wildman–Crippen LogP) is 1.26. The molecule has 0 spiro atoms. The Kier molecular flexibility index (Phi) is 4.88. The summed E-state index contributed by atoms with van der Waals surface area (Å²) in [4.78, 5) is 25.1. The molecule has 0 unspecified atom stereocenters. The van der Waals surface area contributed by atoms with Crippen LogP contribution in [0.15, 0.2) is 30.6 Å². The normalized spacial score (nSPS) is 11.8. The summed E-state index contributed by atoms with van der Waals surface area (Å²) in [6, 6.07) is 5.10. The predicted molar refractivity (Wildman–Crippen MR) is 79.7 cm³/mol. The average Bonchev–Trinajstić information content (AvgIpc) is 3.00. The molecule has 116 valence electrons. The quantitative estimate of drug-likeness (QED) is 0.840. The van der Waals surface area contributed by atoms with Gasteiger partial charge < -0.3 is 10.1 Å². The summed E-state index contributed by atoms with van der Waals surface area (Å²) in [5.41, 5.74) is 1.98. The van der Waals surface area contributed by atoms with Gasteiger partial charge in [-0.2, -0.15) is 15.0 Å². The number of esters is 1. The Bertz CT molecular complexity index is 667. The van der Waals surface area contributed by atoms with Gasteiger partial charge in [-0.3, -0.25) is 9.59 Å². The summed E-state index contributed by atoms with van der Waals surface area (Å²) in [5, 5.41) is 10.9. The van der Waals surface area contributed by atoms with Crippen molar-refractivity contribution in [2.75, 3.05) is 7.11 Å². The van der Waals surface area contributed by atoms with Crippen molar-refractivity contribution in [2.45, 2.75) is 26.3 Å². The maximum atomic E-state index is 12.5. The topological polar surface area (TPSA) is 86.1 Å². The number of rotatable bonds is 5. The summed E-state index contributed by atoms with van der Waals surface area (Å²) < 4.78 is 4.60. The summed E-state index contributed by atoms with van der Waals surface area (Å²) in [5.74, 6) is -0.654. The molecule has 0 radical (unpaired) electrons. The molecule has 0 bridgehead atoms. The number of methoxy groups -OCH3 is 1. The molecule has 0 saturated carbocycles. The maximum Gasteiger partial charge on any atom is 0.307 e. The van der Waals surface area contributed by atoms with Crippen LogP contribution < -0.4 is 5.32 Å². The zero-order valence-corrected chi connectivity index (χ0v) is 12.7. The standard InChI is InChI=1S/C15H18N4O3/c1-10-4-5-13(19-16-6-7-17-19)12(8-10)15(21)18-11(2)9-14(20)22-3/h4-8,11H,9H2,1-3H3,(H,18,21)/t11-/m0/s1. The third-order valence-corrected chi connectivity index (χ3v) is 3.11. The molecule has 2 aromatic rings. The highest BCUT2D eigenvalue weighted by Crippen LogP contribution is 2.15. The number of hydrogen-bond donors (Lipinski definition) is 1. The number of aromatic nitrogens is 3. The van der Waals surface area contributed by atoms with E-state index in [-0.39, 0.29) is 24.3 Å². The van der Waals surface area contributed by atoms with Gasteiger partial charge in [0.2, 0.25) is 0 Å². The second-order valence-corrected chi connectivity index (χ2v) is 4.99. The van der Waals surface area contributed by atoms with Crippen LogP contribution in [-0.2, 0) is 9.53 Å². The Balaban J connectivity index is 2.22. The number of benzene rings is 1. The first kappa shape index (κ1) is 15.7. The lowest BCUT2D eigenvalue weighted by Gasteiger charge is -2.15. The molecule has 1 N–H and O–H groups in total. The minimum Gasteiger partial charge on any atom is -0.469 e. The summed E-state index contributed by atoms with van der Waals surface area (Å²) in [6.45, 7) is 3.64. The van der Waals surface area contributed by atoms with Crippen LogP contribution in [0.4, 0.5) is 0 Å². The molecule has 1 heterocycles. The summed E-state index contributed by atoms with van der Waals surface area (Å²) >= 11 is 0. The van der Waals surface area contributed by atoms with Crippen molar-refractivity contribution in [3.63, 3.8) is 0 Å². The van der Waals surface area contributed by atoms with E-state index in [0.717, 1.165) is 5.56 Å². The van der Waals surface area contributed by atoms with E-state index in [1.54, 1.807) is 31.5 Å². The Hall–Kier alpha value is -2.70. The lowest BCUT2D eigenvalue weighted by molar-refractivity contribution is -0.141. The SMILES string of the molecule is COC(=O)C[C@H](C)NC(=O)c1cc(C)ccc1-n1nccn1. The first-order valence-electron chi connectivity index (χ1n) is 6.86. The molecular formula is C15H18N4O3. The monoisotopic (exact) mass is 302 g/mol. The van der Waals surface area contributed by atoms with Gasteiger partial charge in [0.1, 0.15) is 0 Å². The largest absolute Gasteiger partial charge is 0.469 e. The first-order valence-corrected chi connectivity index (χ1v) is 6.86. The molecule has 2 rings (SSSR count). The number of nitrogens with one attached hydrogen (secondary N) is 1. The van der Waals surface area contributed by atoms with Crippen LogP contribution >= 0.6 is 0 Å². The van der Waals surface area contributed by atoms with Crippen LogP contribution in [0.3, 0.4) is 0 Å². The van der Waals surface area contributed by atoms with E-state index in [2.05, 4.69) is 20.3 Å². The van der Waals surface area contributed by atoms with E-state index < -0.39 is 0 Å². The average molecular weight is 302 g/mol. The number of hydrogen-bond acceptors (Lipinski definition) is 5. The van der Waals surface area contributed by atoms with Crippen LogP contribution in [0, 0.1) is 6.92 Å². The molecule has 7 heteroatoms. The Morgan fingerprint density at radius 3 is 2.64 bits per heavy atom. The lowest BCUT2D eigenvalue weighted by atomic mass is 10.1. The van der Waals surface area contributed by atoms with Crippen LogP contribution in [0.25, 0.3) is 5.69 Å². The van der Waals surface area contributed by atoms with Crippen molar-refractivity contribution < 1.29 is 14.3 Å². The first-order chi connectivity index (χ1) is 10.5. The minimum absolute atomic E-state index is 0.114. The maximum absolute atomic E-state index is 12.5. The molecule has 1 aromatic carbocycles. The van der Waals surface area contributed by atoms with Gasteiger partial charge in [0, 0.05) is 6.04 Å². The third kappa shape index (κ3) is 3.69. The zero-order valence-electron chi connectivity index (χ0n) is 12.7. The molecular weight excluding hydrogens is 284 g/mol. The Morgan fingerprint density at radius 2 is 2.00 bits per heavy atom. The van der Waals surface area contributed by atoms with Gasteiger partial charge in [0.15, 0.2) is 0 Å². The third-order valence-electron chi connectivity index (χ3n) is 3.11. The summed E-state index contributed by atoms with van der Waals surface area (Å²) in [6.07, 6.45) is 3.20. The van der Waals surface area contributed by atoms with Crippen LogP contribution in [0.1, 0.15) is 29.3 Å². The van der Waals surface area contributed by atoms with E-state index >= 15 is 0 Å². The van der Waals surface area contributed by atoms with Crippen molar-refractivity contribution >= 4 is 11.9 Å².